The Morgan fingerprint density at radius 2 is 2.12 bits per heavy atom. The summed E-state index contributed by atoms with van der Waals surface area (Å²) in [4.78, 5) is 19.6. The minimum atomic E-state index is -4.28. The summed E-state index contributed by atoms with van der Waals surface area (Å²) in [6, 6.07) is 0. The van der Waals surface area contributed by atoms with Gasteiger partial charge in [0.05, 0.1) is 6.61 Å². The monoisotopic (exact) mass is 270 g/mol. The number of cyclic esters (lactones) is 1. The Morgan fingerprint density at radius 1 is 1.53 bits per heavy atom. The highest BCUT2D eigenvalue weighted by molar-refractivity contribution is 7.47. The van der Waals surface area contributed by atoms with E-state index in [4.69, 9.17) is 10.00 Å². The number of hydrogen-bond donors (Lipinski definition) is 4. The lowest BCUT2D eigenvalue weighted by atomic mass is 10.2. The Kier molecular flexibility index (Phi) is 4.12. The third kappa shape index (κ3) is 3.18. The molecule has 3 atom stereocenters. The molecule has 0 saturated heterocycles. The van der Waals surface area contributed by atoms with Gasteiger partial charge in [0.25, 0.3) is 0 Å². The van der Waals surface area contributed by atoms with Crippen LogP contribution in [0, 0.1) is 0 Å². The van der Waals surface area contributed by atoms with Crippen molar-refractivity contribution in [3.05, 3.63) is 11.5 Å². The number of esters is 1. The molecular formula is C7H11O9P. The van der Waals surface area contributed by atoms with Crippen LogP contribution in [0.5, 0.6) is 0 Å². The Labute approximate surface area is 95.5 Å². The van der Waals surface area contributed by atoms with Crippen LogP contribution in [0.3, 0.4) is 0 Å². The molecule has 17 heavy (non-hydrogen) atoms. The van der Waals surface area contributed by atoms with Gasteiger partial charge in [0.1, 0.15) is 6.10 Å². The van der Waals surface area contributed by atoms with Gasteiger partial charge in [0, 0.05) is 7.11 Å². The number of hydrogen-bond acceptors (Lipinski definition) is 8. The zero-order chi connectivity index (χ0) is 13.2. The number of carbonyl (C=O) groups excluding carboxylic acids is 1. The number of carbonyl (C=O) groups is 1. The van der Waals surface area contributed by atoms with E-state index >= 15 is 0 Å². The summed E-state index contributed by atoms with van der Waals surface area (Å²) in [5, 5.41) is 27.5. The van der Waals surface area contributed by atoms with Crippen molar-refractivity contribution in [2.45, 2.75) is 12.2 Å². The summed E-state index contributed by atoms with van der Waals surface area (Å²) in [5.74, 6) is -3.09. The number of ether oxygens (including phenoxy) is 1. The molecule has 98 valence electrons. The van der Waals surface area contributed by atoms with Gasteiger partial charge < -0.3 is 24.9 Å². The standard InChI is InChI=1S/C7H11O9P/c1-14-17(12,13)15-2-3(8)6-4(9)5(10)7(11)16-6/h3,6,8-10H,2H2,1H3,(H,12,13)/t3-,6+/m0/s1. The SMILES string of the molecule is COP(=O)(O)OC[C@H](O)[C@H]1OC(=O)C(O)=C1O. The number of aliphatic hydroxyl groups is 3. The Balaban J connectivity index is 2.59. The molecule has 0 aromatic rings. The van der Waals surface area contributed by atoms with Crippen LogP contribution < -0.4 is 0 Å². The molecule has 1 unspecified atom stereocenters. The summed E-state index contributed by atoms with van der Waals surface area (Å²) >= 11 is 0. The lowest BCUT2D eigenvalue weighted by Gasteiger charge is -2.18. The first-order chi connectivity index (χ1) is 7.78. The van der Waals surface area contributed by atoms with Crippen LogP contribution in [0.15, 0.2) is 11.5 Å². The summed E-state index contributed by atoms with van der Waals surface area (Å²) in [6.07, 6.45) is -3.17. The van der Waals surface area contributed by atoms with Crippen LogP contribution in [0.2, 0.25) is 0 Å². The molecule has 10 heteroatoms. The molecule has 9 nitrogen and oxygen atoms in total. The third-order valence-electron chi connectivity index (χ3n) is 1.93. The number of aliphatic hydroxyl groups excluding tert-OH is 3. The molecule has 4 N–H and O–H groups in total. The first-order valence-corrected chi connectivity index (χ1v) is 5.82. The first-order valence-electron chi connectivity index (χ1n) is 4.32. The fourth-order valence-corrected chi connectivity index (χ4v) is 1.48. The Hall–Kier alpha value is -1.12. The highest BCUT2D eigenvalue weighted by atomic mass is 31.2. The average molecular weight is 270 g/mol. The molecule has 0 spiro atoms. The normalized spacial score (nSPS) is 25.6. The van der Waals surface area contributed by atoms with Gasteiger partial charge in [-0.2, -0.15) is 0 Å². The van der Waals surface area contributed by atoms with Crippen molar-refractivity contribution >= 4 is 13.8 Å². The molecule has 0 aromatic heterocycles. The Morgan fingerprint density at radius 3 is 2.53 bits per heavy atom. The quantitative estimate of drug-likeness (QED) is 0.379. The van der Waals surface area contributed by atoms with Gasteiger partial charge in [-0.15, -0.1) is 0 Å². The highest BCUT2D eigenvalue weighted by Crippen LogP contribution is 2.42. The van der Waals surface area contributed by atoms with Gasteiger partial charge >= 0.3 is 13.8 Å². The van der Waals surface area contributed by atoms with Crippen LogP contribution in [-0.2, 0) is 23.1 Å². The zero-order valence-electron chi connectivity index (χ0n) is 8.64. The second kappa shape index (κ2) is 5.03. The zero-order valence-corrected chi connectivity index (χ0v) is 9.53. The third-order valence-corrected chi connectivity index (χ3v) is 2.86. The topological polar surface area (TPSA) is 143 Å². The van der Waals surface area contributed by atoms with Gasteiger partial charge in [-0.05, 0) is 0 Å². The summed E-state index contributed by atoms with van der Waals surface area (Å²) in [5.41, 5.74) is 0. The van der Waals surface area contributed by atoms with Gasteiger partial charge in [-0.3, -0.25) is 9.05 Å². The summed E-state index contributed by atoms with van der Waals surface area (Å²) in [6.45, 7) is -0.739. The van der Waals surface area contributed by atoms with Crippen LogP contribution in [0.4, 0.5) is 0 Å². The highest BCUT2D eigenvalue weighted by Gasteiger charge is 2.40. The van der Waals surface area contributed by atoms with E-state index in [0.29, 0.717) is 0 Å². The molecule has 0 bridgehead atoms. The largest absolute Gasteiger partial charge is 0.505 e. The van der Waals surface area contributed by atoms with Crippen molar-refractivity contribution in [2.75, 3.05) is 13.7 Å². The van der Waals surface area contributed by atoms with E-state index in [2.05, 4.69) is 13.8 Å². The van der Waals surface area contributed by atoms with E-state index in [-0.39, 0.29) is 0 Å². The molecule has 1 rings (SSSR count). The maximum Gasteiger partial charge on any atom is 0.472 e. The van der Waals surface area contributed by atoms with Crippen LogP contribution in [0.1, 0.15) is 0 Å². The predicted octanol–water partition coefficient (Wildman–Crippen LogP) is -0.636. The van der Waals surface area contributed by atoms with E-state index in [9.17, 15) is 19.6 Å². The van der Waals surface area contributed by atoms with Crippen molar-refractivity contribution in [1.82, 2.24) is 0 Å². The average Bonchev–Trinajstić information content (AvgIpc) is 2.54. The molecule has 1 aliphatic rings. The second-order valence-electron chi connectivity index (χ2n) is 3.07. The van der Waals surface area contributed by atoms with E-state index in [1.165, 1.54) is 0 Å². The van der Waals surface area contributed by atoms with Crippen molar-refractivity contribution in [1.29, 1.82) is 0 Å². The molecule has 0 aromatic carbocycles. The fourth-order valence-electron chi connectivity index (χ4n) is 1.04. The molecule has 0 amide bonds. The lowest BCUT2D eigenvalue weighted by Crippen LogP contribution is -2.32. The molecule has 0 saturated carbocycles. The van der Waals surface area contributed by atoms with Gasteiger partial charge in [-0.1, -0.05) is 0 Å². The van der Waals surface area contributed by atoms with Gasteiger partial charge in [0.2, 0.25) is 5.76 Å². The number of phosphoric ester groups is 1. The Bertz CT molecular complexity index is 389. The molecule has 0 fully saturated rings. The maximum absolute atomic E-state index is 10.9. The minimum Gasteiger partial charge on any atom is -0.505 e. The molecule has 0 aliphatic carbocycles. The van der Waals surface area contributed by atoms with E-state index in [0.717, 1.165) is 7.11 Å². The van der Waals surface area contributed by atoms with Crippen LogP contribution in [0.25, 0.3) is 0 Å². The van der Waals surface area contributed by atoms with Crippen molar-refractivity contribution < 1.29 is 43.4 Å². The van der Waals surface area contributed by atoms with E-state index in [1.807, 2.05) is 0 Å². The fraction of sp³-hybridized carbons (Fsp3) is 0.571. The molecule has 1 heterocycles. The molecule has 1 aliphatic heterocycles. The van der Waals surface area contributed by atoms with Crippen molar-refractivity contribution in [3.63, 3.8) is 0 Å². The van der Waals surface area contributed by atoms with E-state index < -0.39 is 44.1 Å². The minimum absolute atomic E-state index is 0.739. The second-order valence-corrected chi connectivity index (χ2v) is 4.63. The van der Waals surface area contributed by atoms with Crippen molar-refractivity contribution in [2.24, 2.45) is 0 Å². The van der Waals surface area contributed by atoms with Crippen LogP contribution in [-0.4, -0.2) is 52.1 Å². The molecule has 0 radical (unpaired) electrons. The number of rotatable bonds is 5. The maximum atomic E-state index is 10.9. The van der Waals surface area contributed by atoms with Gasteiger partial charge in [-0.25, -0.2) is 9.36 Å². The van der Waals surface area contributed by atoms with Gasteiger partial charge in [0.15, 0.2) is 11.9 Å². The smallest absolute Gasteiger partial charge is 0.472 e. The lowest BCUT2D eigenvalue weighted by molar-refractivity contribution is -0.147. The predicted molar refractivity (Wildman–Crippen MR) is 51.0 cm³/mol. The number of phosphoric acid groups is 1. The van der Waals surface area contributed by atoms with Crippen molar-refractivity contribution in [3.8, 4) is 0 Å². The first kappa shape index (κ1) is 13.9. The summed E-state index contributed by atoms with van der Waals surface area (Å²) in [7, 11) is -3.36. The van der Waals surface area contributed by atoms with E-state index in [1.54, 1.807) is 0 Å². The summed E-state index contributed by atoms with van der Waals surface area (Å²) < 4.78 is 23.6. The van der Waals surface area contributed by atoms with Crippen LogP contribution >= 0.6 is 7.82 Å². The molecular weight excluding hydrogens is 259 g/mol.